The summed E-state index contributed by atoms with van der Waals surface area (Å²) < 4.78 is 0. The van der Waals surface area contributed by atoms with Crippen molar-refractivity contribution in [3.63, 3.8) is 0 Å². The minimum Gasteiger partial charge on any atom is -0.362 e. The van der Waals surface area contributed by atoms with E-state index in [0.29, 0.717) is 18.3 Å². The van der Waals surface area contributed by atoms with E-state index >= 15 is 0 Å². The van der Waals surface area contributed by atoms with Gasteiger partial charge in [-0.2, -0.15) is 0 Å². The zero-order valence-corrected chi connectivity index (χ0v) is 19.6. The maximum atomic E-state index is 12.6. The van der Waals surface area contributed by atoms with Gasteiger partial charge in [0, 0.05) is 42.8 Å². The summed E-state index contributed by atoms with van der Waals surface area (Å²) in [6.45, 7) is 11.9. The molecule has 0 aliphatic carbocycles. The number of carbonyl (C=O) groups excluding carboxylic acids is 1. The summed E-state index contributed by atoms with van der Waals surface area (Å²) in [5.41, 5.74) is 2.42. The Morgan fingerprint density at radius 2 is 1.97 bits per heavy atom. The van der Waals surface area contributed by atoms with E-state index < -0.39 is 0 Å². The third-order valence-corrected chi connectivity index (χ3v) is 7.49. The van der Waals surface area contributed by atoms with Crippen LogP contribution in [0.5, 0.6) is 0 Å². The molecule has 0 saturated carbocycles. The summed E-state index contributed by atoms with van der Waals surface area (Å²) >= 11 is 1.56. The van der Waals surface area contributed by atoms with Crippen molar-refractivity contribution in [1.29, 1.82) is 0 Å². The molecule has 0 bridgehead atoms. The number of hydrogen-bond donors (Lipinski definition) is 2. The molecule has 7 nitrogen and oxygen atoms in total. The predicted molar refractivity (Wildman–Crippen MR) is 126 cm³/mol. The van der Waals surface area contributed by atoms with E-state index in [1.54, 1.807) is 23.0 Å². The van der Waals surface area contributed by atoms with Crippen LogP contribution in [-0.2, 0) is 11.3 Å². The highest BCUT2D eigenvalue weighted by Gasteiger charge is 2.29. The van der Waals surface area contributed by atoms with Crippen LogP contribution in [0.1, 0.15) is 38.0 Å². The zero-order chi connectivity index (χ0) is 21.6. The Bertz CT molecular complexity index is 769. The number of nitrogens with one attached hydrogen (secondary N) is 2. The van der Waals surface area contributed by atoms with Gasteiger partial charge in [0.15, 0.2) is 0 Å². The maximum absolute atomic E-state index is 12.6. The third-order valence-electron chi connectivity index (χ3n) is 6.72. The average molecular weight is 445 g/mol. The number of amides is 1. The van der Waals surface area contributed by atoms with Crippen molar-refractivity contribution in [1.82, 2.24) is 30.3 Å². The number of nitrogens with zero attached hydrogens (tertiary/aromatic N) is 4. The Balaban J connectivity index is 1.25. The first-order valence-electron chi connectivity index (χ1n) is 11.6. The van der Waals surface area contributed by atoms with Gasteiger partial charge in [0.05, 0.1) is 18.2 Å². The van der Waals surface area contributed by atoms with Gasteiger partial charge in [-0.05, 0) is 64.9 Å². The molecule has 4 rings (SSSR count). The highest BCUT2D eigenvalue weighted by molar-refractivity contribution is 7.09. The SMILES string of the molecule is CC(C)N1CCC(N2CCCN(C3C=CC=C(C(=O)NCc4cncs4)N3)CC2)CC1. The quantitative estimate of drug-likeness (QED) is 0.700. The van der Waals surface area contributed by atoms with Crippen LogP contribution in [0.3, 0.4) is 0 Å². The summed E-state index contributed by atoms with van der Waals surface area (Å²) in [7, 11) is 0. The Hall–Kier alpha value is -1.74. The van der Waals surface area contributed by atoms with Gasteiger partial charge in [-0.1, -0.05) is 6.08 Å². The molecule has 0 radical (unpaired) electrons. The van der Waals surface area contributed by atoms with Crippen LogP contribution in [-0.4, -0.2) is 83.1 Å². The van der Waals surface area contributed by atoms with Gasteiger partial charge in [-0.25, -0.2) is 0 Å². The van der Waals surface area contributed by atoms with E-state index in [-0.39, 0.29) is 12.1 Å². The normalized spacial score (nSPS) is 24.6. The maximum Gasteiger partial charge on any atom is 0.267 e. The van der Waals surface area contributed by atoms with E-state index in [1.165, 1.54) is 38.9 Å². The molecular weight excluding hydrogens is 408 g/mol. The first-order valence-corrected chi connectivity index (χ1v) is 12.5. The third kappa shape index (κ3) is 5.94. The highest BCUT2D eigenvalue weighted by atomic mass is 32.1. The van der Waals surface area contributed by atoms with Gasteiger partial charge in [-0.3, -0.25) is 19.6 Å². The zero-order valence-electron chi connectivity index (χ0n) is 18.8. The van der Waals surface area contributed by atoms with Crippen molar-refractivity contribution in [2.24, 2.45) is 0 Å². The van der Waals surface area contributed by atoms with Gasteiger partial charge in [-0.15, -0.1) is 11.3 Å². The number of carbonyl (C=O) groups is 1. The molecule has 0 aromatic carbocycles. The molecule has 3 aliphatic rings. The summed E-state index contributed by atoms with van der Waals surface area (Å²) in [5, 5.41) is 6.43. The molecule has 3 aliphatic heterocycles. The molecule has 2 N–H and O–H groups in total. The molecule has 170 valence electrons. The second kappa shape index (κ2) is 10.7. The Morgan fingerprint density at radius 3 is 2.71 bits per heavy atom. The van der Waals surface area contributed by atoms with Crippen molar-refractivity contribution in [3.8, 4) is 0 Å². The van der Waals surface area contributed by atoms with Gasteiger partial charge < -0.3 is 15.5 Å². The minimum atomic E-state index is -0.0592. The lowest BCUT2D eigenvalue weighted by Crippen LogP contribution is -2.50. The first-order chi connectivity index (χ1) is 15.1. The van der Waals surface area contributed by atoms with Crippen molar-refractivity contribution in [2.75, 3.05) is 39.3 Å². The molecule has 1 unspecified atom stereocenters. The number of rotatable bonds is 6. The van der Waals surface area contributed by atoms with E-state index in [4.69, 9.17) is 0 Å². The molecule has 1 aromatic heterocycles. The van der Waals surface area contributed by atoms with Gasteiger partial charge in [0.25, 0.3) is 5.91 Å². The number of likely N-dealkylation sites (tertiary alicyclic amines) is 1. The fraction of sp³-hybridized carbons (Fsp3) is 0.652. The summed E-state index contributed by atoms with van der Waals surface area (Å²) in [6.07, 6.45) is 11.7. The predicted octanol–water partition coefficient (Wildman–Crippen LogP) is 2.01. The molecule has 31 heavy (non-hydrogen) atoms. The van der Waals surface area contributed by atoms with E-state index in [0.717, 1.165) is 30.6 Å². The first kappa shape index (κ1) is 22.5. The molecular formula is C23H36N6OS. The fourth-order valence-electron chi connectivity index (χ4n) is 4.83. The standard InChI is InChI=1S/C23H36N6OS/c1-18(2)27-11-7-19(8-12-27)28-9-4-10-29(14-13-28)22-6-3-5-21(26-22)23(30)25-16-20-15-24-17-31-20/h3,5-6,15,17-19,22,26H,4,7-14,16H2,1-2H3,(H,25,30). The number of piperidine rings is 1. The number of allylic oxidation sites excluding steroid dienone is 2. The minimum absolute atomic E-state index is 0.0592. The largest absolute Gasteiger partial charge is 0.362 e. The molecule has 2 saturated heterocycles. The fourth-order valence-corrected chi connectivity index (χ4v) is 5.36. The Kier molecular flexibility index (Phi) is 7.76. The van der Waals surface area contributed by atoms with Crippen LogP contribution in [0.4, 0.5) is 0 Å². The van der Waals surface area contributed by atoms with E-state index in [2.05, 4.69) is 50.2 Å². The van der Waals surface area contributed by atoms with Crippen LogP contribution in [0.25, 0.3) is 0 Å². The highest BCUT2D eigenvalue weighted by Crippen LogP contribution is 2.21. The molecule has 8 heteroatoms. The molecule has 2 fully saturated rings. The Morgan fingerprint density at radius 1 is 1.19 bits per heavy atom. The van der Waals surface area contributed by atoms with Crippen molar-refractivity contribution in [3.05, 3.63) is 40.5 Å². The lowest BCUT2D eigenvalue weighted by atomic mass is 10.0. The van der Waals surface area contributed by atoms with Crippen LogP contribution in [0.2, 0.25) is 0 Å². The lowest BCUT2D eigenvalue weighted by molar-refractivity contribution is -0.118. The van der Waals surface area contributed by atoms with E-state index in [1.807, 2.05) is 12.2 Å². The average Bonchev–Trinajstić information content (AvgIpc) is 3.20. The number of aromatic nitrogens is 1. The smallest absolute Gasteiger partial charge is 0.267 e. The van der Waals surface area contributed by atoms with E-state index in [9.17, 15) is 4.79 Å². The van der Waals surface area contributed by atoms with Crippen molar-refractivity contribution in [2.45, 2.75) is 57.9 Å². The van der Waals surface area contributed by atoms with Crippen LogP contribution in [0, 0.1) is 0 Å². The Labute approximate surface area is 190 Å². The molecule has 1 atom stereocenters. The second-order valence-electron chi connectivity index (χ2n) is 8.99. The second-order valence-corrected chi connectivity index (χ2v) is 9.96. The van der Waals surface area contributed by atoms with Crippen LogP contribution in [0.15, 0.2) is 35.6 Å². The van der Waals surface area contributed by atoms with Crippen LogP contribution >= 0.6 is 11.3 Å². The molecule has 0 spiro atoms. The van der Waals surface area contributed by atoms with Gasteiger partial charge in [0.1, 0.15) is 5.70 Å². The summed E-state index contributed by atoms with van der Waals surface area (Å²) in [4.78, 5) is 25.5. The molecule has 4 heterocycles. The van der Waals surface area contributed by atoms with Crippen molar-refractivity contribution >= 4 is 17.2 Å². The molecule has 1 amide bonds. The number of thiazole rings is 1. The topological polar surface area (TPSA) is 63.7 Å². The van der Waals surface area contributed by atoms with Gasteiger partial charge in [0.2, 0.25) is 0 Å². The van der Waals surface area contributed by atoms with Crippen LogP contribution < -0.4 is 10.6 Å². The van der Waals surface area contributed by atoms with Gasteiger partial charge >= 0.3 is 0 Å². The lowest BCUT2D eigenvalue weighted by Gasteiger charge is -2.39. The number of dihydropyridines is 1. The number of hydrogen-bond acceptors (Lipinski definition) is 7. The molecule has 1 aromatic rings. The summed E-state index contributed by atoms with van der Waals surface area (Å²) in [6, 6.07) is 1.38. The summed E-state index contributed by atoms with van der Waals surface area (Å²) in [5.74, 6) is -0.0592. The monoisotopic (exact) mass is 444 g/mol. The van der Waals surface area contributed by atoms with Crippen molar-refractivity contribution < 1.29 is 4.79 Å².